The van der Waals surface area contributed by atoms with Gasteiger partial charge in [-0.2, -0.15) is 0 Å². The van der Waals surface area contributed by atoms with Crippen LogP contribution in [0.2, 0.25) is 0 Å². The molecule has 0 saturated carbocycles. The molecule has 2 heterocycles. The Morgan fingerprint density at radius 1 is 1.33 bits per heavy atom. The lowest BCUT2D eigenvalue weighted by atomic mass is 10.1. The lowest BCUT2D eigenvalue weighted by molar-refractivity contribution is -0.663. The molecule has 0 aliphatic carbocycles. The number of pyridine rings is 1. The van der Waals surface area contributed by atoms with Crippen molar-refractivity contribution in [1.29, 1.82) is 0 Å². The number of nitrogens with two attached hydrogens (primary N) is 1. The Labute approximate surface area is 91.5 Å². The molecule has 2 rings (SSSR count). The van der Waals surface area contributed by atoms with E-state index in [0.29, 0.717) is 0 Å². The quantitative estimate of drug-likeness (QED) is 0.746. The summed E-state index contributed by atoms with van der Waals surface area (Å²) in [5, 5.41) is 2.40. The lowest BCUT2D eigenvalue weighted by Crippen LogP contribution is -2.89. The average Bonchev–Trinajstić information content (AvgIpc) is 2.32. The van der Waals surface area contributed by atoms with Crippen molar-refractivity contribution in [2.45, 2.75) is 12.8 Å². The number of piperazine rings is 1. The molecule has 82 valence electrons. The summed E-state index contributed by atoms with van der Waals surface area (Å²) in [7, 11) is 0. The van der Waals surface area contributed by atoms with Gasteiger partial charge in [-0.3, -0.25) is 9.88 Å². The lowest BCUT2D eigenvalue weighted by Gasteiger charge is -2.24. The van der Waals surface area contributed by atoms with Crippen molar-refractivity contribution in [2.24, 2.45) is 0 Å². The molecule has 1 saturated heterocycles. The van der Waals surface area contributed by atoms with Crippen LogP contribution in [0.3, 0.4) is 0 Å². The van der Waals surface area contributed by atoms with Crippen LogP contribution in [0.1, 0.15) is 12.0 Å². The van der Waals surface area contributed by atoms with Crippen LogP contribution in [-0.2, 0) is 6.42 Å². The van der Waals surface area contributed by atoms with Gasteiger partial charge < -0.3 is 5.32 Å². The summed E-state index contributed by atoms with van der Waals surface area (Å²) in [6.45, 7) is 6.29. The van der Waals surface area contributed by atoms with E-state index in [1.807, 2.05) is 18.5 Å². The van der Waals surface area contributed by atoms with E-state index in [-0.39, 0.29) is 0 Å². The van der Waals surface area contributed by atoms with E-state index in [4.69, 9.17) is 0 Å². The minimum atomic E-state index is 1.16. The highest BCUT2D eigenvalue weighted by Gasteiger charge is 2.10. The van der Waals surface area contributed by atoms with Crippen molar-refractivity contribution in [2.75, 3.05) is 32.7 Å². The zero-order valence-corrected chi connectivity index (χ0v) is 9.23. The van der Waals surface area contributed by atoms with E-state index in [1.165, 1.54) is 44.7 Å². The van der Waals surface area contributed by atoms with E-state index < -0.39 is 0 Å². The molecule has 1 aliphatic heterocycles. The van der Waals surface area contributed by atoms with Crippen molar-refractivity contribution >= 4 is 0 Å². The molecule has 2 N–H and O–H groups in total. The van der Waals surface area contributed by atoms with Gasteiger partial charge in [0.2, 0.25) is 0 Å². The fourth-order valence-electron chi connectivity index (χ4n) is 2.08. The van der Waals surface area contributed by atoms with Crippen LogP contribution in [-0.4, -0.2) is 42.6 Å². The van der Waals surface area contributed by atoms with Crippen LogP contribution in [0.25, 0.3) is 0 Å². The maximum atomic E-state index is 4.13. The second-order valence-electron chi connectivity index (χ2n) is 4.17. The third-order valence-electron chi connectivity index (χ3n) is 2.96. The Balaban J connectivity index is 1.66. The molecular formula is C12H20N3+. The Morgan fingerprint density at radius 2 is 2.20 bits per heavy atom. The molecule has 1 aromatic rings. The molecule has 0 radical (unpaired) electrons. The number of quaternary nitrogens is 1. The van der Waals surface area contributed by atoms with Gasteiger partial charge in [0.1, 0.15) is 0 Å². The number of rotatable bonds is 4. The highest BCUT2D eigenvalue weighted by atomic mass is 15.2. The summed E-state index contributed by atoms with van der Waals surface area (Å²) >= 11 is 0. The van der Waals surface area contributed by atoms with Gasteiger partial charge >= 0.3 is 0 Å². The summed E-state index contributed by atoms with van der Waals surface area (Å²) in [6.07, 6.45) is 6.23. The average molecular weight is 206 g/mol. The van der Waals surface area contributed by atoms with Gasteiger partial charge in [0.05, 0.1) is 13.1 Å². The number of aromatic nitrogens is 1. The SMILES string of the molecule is c1cncc(CCCN2CC[NH2+]CC2)c1. The van der Waals surface area contributed by atoms with Crippen LogP contribution in [0.4, 0.5) is 0 Å². The Hall–Kier alpha value is -0.930. The van der Waals surface area contributed by atoms with Crippen molar-refractivity contribution < 1.29 is 5.32 Å². The van der Waals surface area contributed by atoms with Gasteiger partial charge in [-0.15, -0.1) is 0 Å². The second-order valence-corrected chi connectivity index (χ2v) is 4.17. The molecular weight excluding hydrogens is 186 g/mol. The van der Waals surface area contributed by atoms with Crippen molar-refractivity contribution in [3.8, 4) is 0 Å². The van der Waals surface area contributed by atoms with E-state index in [0.717, 1.165) is 6.42 Å². The van der Waals surface area contributed by atoms with Gasteiger partial charge in [0, 0.05) is 25.5 Å². The monoisotopic (exact) mass is 206 g/mol. The highest BCUT2D eigenvalue weighted by molar-refractivity contribution is 5.08. The molecule has 3 nitrogen and oxygen atoms in total. The van der Waals surface area contributed by atoms with E-state index in [2.05, 4.69) is 21.3 Å². The first-order chi connectivity index (χ1) is 7.45. The summed E-state index contributed by atoms with van der Waals surface area (Å²) in [5.74, 6) is 0. The standard InChI is InChI=1S/C12H19N3/c1-3-12(11-14-5-1)4-2-8-15-9-6-13-7-10-15/h1,3,5,11,13H,2,4,6-10H2/p+1. The van der Waals surface area contributed by atoms with Gasteiger partial charge in [-0.1, -0.05) is 6.07 Å². The smallest absolute Gasteiger partial charge is 0.0885 e. The second kappa shape index (κ2) is 5.83. The third kappa shape index (κ3) is 3.61. The molecule has 0 unspecified atom stereocenters. The fraction of sp³-hybridized carbons (Fsp3) is 0.583. The maximum Gasteiger partial charge on any atom is 0.0885 e. The number of hydrogen-bond donors (Lipinski definition) is 1. The van der Waals surface area contributed by atoms with Crippen LogP contribution in [0.5, 0.6) is 0 Å². The van der Waals surface area contributed by atoms with Crippen LogP contribution < -0.4 is 5.32 Å². The van der Waals surface area contributed by atoms with Crippen LogP contribution >= 0.6 is 0 Å². The zero-order valence-electron chi connectivity index (χ0n) is 9.23. The summed E-state index contributed by atoms with van der Waals surface area (Å²) in [6, 6.07) is 4.18. The molecule has 3 heteroatoms. The number of nitrogens with zero attached hydrogens (tertiary/aromatic N) is 2. The van der Waals surface area contributed by atoms with E-state index in [1.54, 1.807) is 0 Å². The number of hydrogen-bond acceptors (Lipinski definition) is 2. The Kier molecular flexibility index (Phi) is 4.11. The van der Waals surface area contributed by atoms with Crippen LogP contribution in [0, 0.1) is 0 Å². The third-order valence-corrected chi connectivity index (χ3v) is 2.96. The molecule has 0 aromatic carbocycles. The molecule has 1 aromatic heterocycles. The molecule has 1 aliphatic rings. The maximum absolute atomic E-state index is 4.13. The van der Waals surface area contributed by atoms with Gasteiger partial charge in [0.15, 0.2) is 0 Å². The van der Waals surface area contributed by atoms with Gasteiger partial charge in [-0.25, -0.2) is 0 Å². The largest absolute Gasteiger partial charge is 0.344 e. The first-order valence-corrected chi connectivity index (χ1v) is 5.88. The Bertz CT molecular complexity index is 267. The minimum Gasteiger partial charge on any atom is -0.344 e. The van der Waals surface area contributed by atoms with Crippen molar-refractivity contribution in [3.63, 3.8) is 0 Å². The Morgan fingerprint density at radius 3 is 2.93 bits per heavy atom. The summed E-state index contributed by atoms with van der Waals surface area (Å²) in [5.41, 5.74) is 1.36. The predicted octanol–water partition coefficient (Wildman–Crippen LogP) is -0.107. The fourth-order valence-corrected chi connectivity index (χ4v) is 2.08. The topological polar surface area (TPSA) is 32.7 Å². The highest BCUT2D eigenvalue weighted by Crippen LogP contribution is 2.01. The molecule has 0 atom stereocenters. The zero-order chi connectivity index (χ0) is 10.3. The van der Waals surface area contributed by atoms with E-state index in [9.17, 15) is 0 Å². The first-order valence-electron chi connectivity index (χ1n) is 5.88. The molecule has 1 fully saturated rings. The first kappa shape index (κ1) is 10.6. The molecule has 0 amide bonds. The van der Waals surface area contributed by atoms with Crippen LogP contribution in [0.15, 0.2) is 24.5 Å². The molecule has 0 bridgehead atoms. The minimum absolute atomic E-state index is 1.16. The van der Waals surface area contributed by atoms with E-state index >= 15 is 0 Å². The van der Waals surface area contributed by atoms with Crippen molar-refractivity contribution in [1.82, 2.24) is 9.88 Å². The predicted molar refractivity (Wildman–Crippen MR) is 60.7 cm³/mol. The number of aryl methyl sites for hydroxylation is 1. The molecule has 0 spiro atoms. The molecule has 15 heavy (non-hydrogen) atoms. The van der Waals surface area contributed by atoms with Gasteiger partial charge in [0.25, 0.3) is 0 Å². The summed E-state index contributed by atoms with van der Waals surface area (Å²) < 4.78 is 0. The van der Waals surface area contributed by atoms with Crippen molar-refractivity contribution in [3.05, 3.63) is 30.1 Å². The normalized spacial score (nSPS) is 17.9. The summed E-state index contributed by atoms with van der Waals surface area (Å²) in [4.78, 5) is 6.70. The van der Waals surface area contributed by atoms with Gasteiger partial charge in [-0.05, 0) is 31.0 Å².